The molecule has 0 saturated carbocycles. The van der Waals surface area contributed by atoms with Crippen LogP contribution < -0.4 is 20.1 Å². The van der Waals surface area contributed by atoms with Gasteiger partial charge in [-0.15, -0.1) is 0 Å². The van der Waals surface area contributed by atoms with Crippen LogP contribution in [-0.2, 0) is 11.3 Å². The van der Waals surface area contributed by atoms with Gasteiger partial charge in [-0.2, -0.15) is 0 Å². The van der Waals surface area contributed by atoms with Gasteiger partial charge in [-0.05, 0) is 40.9 Å². The van der Waals surface area contributed by atoms with Gasteiger partial charge in [-0.1, -0.05) is 12.1 Å². The summed E-state index contributed by atoms with van der Waals surface area (Å²) >= 11 is 0. The molecule has 136 valence electrons. The van der Waals surface area contributed by atoms with Crippen molar-refractivity contribution in [3.8, 4) is 11.5 Å². The number of carbonyl (C=O) groups excluding carboxylic acids is 1. The number of amides is 1. The first-order chi connectivity index (χ1) is 11.2. The summed E-state index contributed by atoms with van der Waals surface area (Å²) in [5.74, 6) is 1.09. The van der Waals surface area contributed by atoms with Gasteiger partial charge in [0, 0.05) is 30.7 Å². The highest BCUT2D eigenvalue weighted by Crippen LogP contribution is 2.31. The van der Waals surface area contributed by atoms with Crippen LogP contribution >= 0.6 is 0 Å². The van der Waals surface area contributed by atoms with Gasteiger partial charge in [0.05, 0.1) is 7.11 Å². The monoisotopic (exact) mass is 337 g/mol. The fourth-order valence-electron chi connectivity index (χ4n) is 2.14. The Morgan fingerprint density at radius 2 is 1.96 bits per heavy atom. The van der Waals surface area contributed by atoms with Crippen LogP contribution in [0.4, 0.5) is 0 Å². The number of likely N-dealkylation sites (N-methyl/N-ethyl adjacent to an activating group) is 1. The van der Waals surface area contributed by atoms with Gasteiger partial charge in [0.15, 0.2) is 18.1 Å². The molecule has 0 aliphatic rings. The maximum atomic E-state index is 12.0. The number of nitrogens with one attached hydrogen (secondary N) is 2. The molecule has 0 atom stereocenters. The Morgan fingerprint density at radius 1 is 1.25 bits per heavy atom. The molecule has 1 amide bonds. The molecule has 0 fully saturated rings. The number of benzene rings is 1. The molecule has 6 heteroatoms. The smallest absolute Gasteiger partial charge is 0.258 e. The predicted octanol–water partition coefficient (Wildman–Crippen LogP) is 1.64. The van der Waals surface area contributed by atoms with Crippen LogP contribution in [0.25, 0.3) is 0 Å². The Labute approximate surface area is 145 Å². The Balaban J connectivity index is 2.70. The zero-order valence-corrected chi connectivity index (χ0v) is 15.7. The molecule has 0 aromatic heterocycles. The topological polar surface area (TPSA) is 62.8 Å². The Bertz CT molecular complexity index is 525. The summed E-state index contributed by atoms with van der Waals surface area (Å²) in [6.07, 6.45) is 0. The predicted molar refractivity (Wildman–Crippen MR) is 96.6 cm³/mol. The first-order valence-corrected chi connectivity index (χ1v) is 8.18. The van der Waals surface area contributed by atoms with Crippen LogP contribution in [0.3, 0.4) is 0 Å². The molecule has 1 aromatic carbocycles. The molecule has 0 heterocycles. The molecular weight excluding hydrogens is 306 g/mol. The lowest BCUT2D eigenvalue weighted by atomic mass is 10.1. The highest BCUT2D eigenvalue weighted by molar-refractivity contribution is 5.78. The van der Waals surface area contributed by atoms with Gasteiger partial charge in [-0.25, -0.2) is 0 Å². The minimum atomic E-state index is -0.280. The average molecular weight is 337 g/mol. The Kier molecular flexibility index (Phi) is 8.01. The molecule has 0 spiro atoms. The zero-order chi connectivity index (χ0) is 18.2. The van der Waals surface area contributed by atoms with Gasteiger partial charge < -0.3 is 25.0 Å². The van der Waals surface area contributed by atoms with Crippen molar-refractivity contribution in [2.24, 2.45) is 0 Å². The minimum absolute atomic E-state index is 0.0393. The van der Waals surface area contributed by atoms with Crippen molar-refractivity contribution in [2.75, 3.05) is 40.9 Å². The molecule has 1 aromatic rings. The summed E-state index contributed by atoms with van der Waals surface area (Å²) < 4.78 is 11.1. The molecule has 0 bridgehead atoms. The van der Waals surface area contributed by atoms with Crippen LogP contribution in [0, 0.1) is 0 Å². The van der Waals surface area contributed by atoms with E-state index >= 15 is 0 Å². The summed E-state index contributed by atoms with van der Waals surface area (Å²) in [6, 6.07) is 5.73. The number of carbonyl (C=O) groups is 1. The molecule has 0 aliphatic carbocycles. The number of rotatable bonds is 9. The van der Waals surface area contributed by atoms with Crippen molar-refractivity contribution in [3.63, 3.8) is 0 Å². The molecule has 24 heavy (non-hydrogen) atoms. The van der Waals surface area contributed by atoms with Gasteiger partial charge >= 0.3 is 0 Å². The summed E-state index contributed by atoms with van der Waals surface area (Å²) in [7, 11) is 5.67. The van der Waals surface area contributed by atoms with Crippen LogP contribution in [0.2, 0.25) is 0 Å². The van der Waals surface area contributed by atoms with Crippen LogP contribution in [0.1, 0.15) is 26.3 Å². The first-order valence-electron chi connectivity index (χ1n) is 8.18. The lowest BCUT2D eigenvalue weighted by Gasteiger charge is -2.21. The summed E-state index contributed by atoms with van der Waals surface area (Å²) in [5.41, 5.74) is 0.689. The van der Waals surface area contributed by atoms with Crippen molar-refractivity contribution in [1.82, 2.24) is 15.5 Å². The summed E-state index contributed by atoms with van der Waals surface area (Å²) in [6.45, 7) is 8.25. The third kappa shape index (κ3) is 7.66. The molecular formula is C18H31N3O3. The maximum absolute atomic E-state index is 12.0. The Hall–Kier alpha value is -1.79. The fraction of sp³-hybridized carbons (Fsp3) is 0.611. The highest BCUT2D eigenvalue weighted by Gasteiger charge is 2.16. The molecule has 0 aliphatic heterocycles. The first kappa shape index (κ1) is 20.3. The van der Waals surface area contributed by atoms with E-state index in [4.69, 9.17) is 9.47 Å². The lowest BCUT2D eigenvalue weighted by Crippen LogP contribution is -2.43. The molecule has 2 N–H and O–H groups in total. The summed E-state index contributed by atoms with van der Waals surface area (Å²) in [5, 5.41) is 6.26. The number of hydrogen-bond acceptors (Lipinski definition) is 5. The van der Waals surface area contributed by atoms with Crippen LogP contribution in [0.5, 0.6) is 11.5 Å². The van der Waals surface area contributed by atoms with Gasteiger partial charge in [-0.3, -0.25) is 4.79 Å². The van der Waals surface area contributed by atoms with E-state index in [1.165, 1.54) is 0 Å². The largest absolute Gasteiger partial charge is 0.493 e. The third-order valence-electron chi connectivity index (χ3n) is 3.19. The zero-order valence-electron chi connectivity index (χ0n) is 15.7. The number of nitrogens with zero attached hydrogens (tertiary/aromatic N) is 1. The molecule has 1 rings (SSSR count). The SMILES string of the molecule is COc1cccc(CNCCN(C)C)c1OCC(=O)NC(C)(C)C. The number of ether oxygens (including phenoxy) is 2. The van der Waals surface area contributed by atoms with E-state index in [1.54, 1.807) is 7.11 Å². The van der Waals surface area contributed by atoms with E-state index < -0.39 is 0 Å². The average Bonchev–Trinajstić information content (AvgIpc) is 2.47. The molecule has 0 radical (unpaired) electrons. The standard InChI is InChI=1S/C18H31N3O3/c1-18(2,3)20-16(22)13-24-17-14(8-7-9-15(17)23-6)12-19-10-11-21(4)5/h7-9,19H,10-13H2,1-6H3,(H,20,22). The van der Waals surface area contributed by atoms with E-state index in [0.717, 1.165) is 18.7 Å². The maximum Gasteiger partial charge on any atom is 0.258 e. The van der Waals surface area contributed by atoms with Crippen LogP contribution in [-0.4, -0.2) is 57.2 Å². The molecule has 0 saturated heterocycles. The normalized spacial score (nSPS) is 11.5. The van der Waals surface area contributed by atoms with Crippen molar-refractivity contribution < 1.29 is 14.3 Å². The lowest BCUT2D eigenvalue weighted by molar-refractivity contribution is -0.124. The van der Waals surface area contributed by atoms with Crippen molar-refractivity contribution >= 4 is 5.91 Å². The number of hydrogen-bond donors (Lipinski definition) is 2. The van der Waals surface area contributed by atoms with Crippen molar-refractivity contribution in [3.05, 3.63) is 23.8 Å². The van der Waals surface area contributed by atoms with E-state index in [9.17, 15) is 4.79 Å². The van der Waals surface area contributed by atoms with E-state index in [-0.39, 0.29) is 18.1 Å². The quantitative estimate of drug-likeness (QED) is 0.671. The van der Waals surface area contributed by atoms with Gasteiger partial charge in [0.1, 0.15) is 0 Å². The van der Waals surface area contributed by atoms with E-state index in [1.807, 2.05) is 53.1 Å². The van der Waals surface area contributed by atoms with E-state index in [0.29, 0.717) is 18.0 Å². The van der Waals surface area contributed by atoms with Crippen LogP contribution in [0.15, 0.2) is 18.2 Å². The second-order valence-corrected chi connectivity index (χ2v) is 7.02. The summed E-state index contributed by atoms with van der Waals surface area (Å²) in [4.78, 5) is 14.1. The van der Waals surface area contributed by atoms with Gasteiger partial charge in [0.2, 0.25) is 0 Å². The van der Waals surface area contributed by atoms with E-state index in [2.05, 4.69) is 15.5 Å². The van der Waals surface area contributed by atoms with Gasteiger partial charge in [0.25, 0.3) is 5.91 Å². The second-order valence-electron chi connectivity index (χ2n) is 7.02. The number of methoxy groups -OCH3 is 1. The van der Waals surface area contributed by atoms with Crippen molar-refractivity contribution in [2.45, 2.75) is 32.9 Å². The minimum Gasteiger partial charge on any atom is -0.493 e. The second kappa shape index (κ2) is 9.49. The Morgan fingerprint density at radius 3 is 2.54 bits per heavy atom. The molecule has 6 nitrogen and oxygen atoms in total. The fourth-order valence-corrected chi connectivity index (χ4v) is 2.14. The third-order valence-corrected chi connectivity index (χ3v) is 3.19. The molecule has 0 unspecified atom stereocenters. The number of para-hydroxylation sites is 1. The van der Waals surface area contributed by atoms with Crippen molar-refractivity contribution in [1.29, 1.82) is 0 Å². The highest BCUT2D eigenvalue weighted by atomic mass is 16.5.